The summed E-state index contributed by atoms with van der Waals surface area (Å²) in [6.07, 6.45) is 1.34. The van der Waals surface area contributed by atoms with Crippen LogP contribution in [0, 0.1) is 0 Å². The monoisotopic (exact) mass is 114 g/mol. The second-order valence-corrected chi connectivity index (χ2v) is 1.77. The number of hydrogen-bond donors (Lipinski definition) is 0. The van der Waals surface area contributed by atoms with E-state index in [0.717, 1.165) is 0 Å². The van der Waals surface area contributed by atoms with E-state index in [0.29, 0.717) is 0 Å². The van der Waals surface area contributed by atoms with Crippen molar-refractivity contribution in [2.45, 2.75) is 0 Å². The SMILES string of the molecule is CS(=O)OCl. The summed E-state index contributed by atoms with van der Waals surface area (Å²) < 4.78 is 13.3. The summed E-state index contributed by atoms with van der Waals surface area (Å²) >= 11 is 3.23. The second-order valence-electron chi connectivity index (χ2n) is 0.464. The van der Waals surface area contributed by atoms with Gasteiger partial charge in [0.15, 0.2) is 11.1 Å². The van der Waals surface area contributed by atoms with Crippen LogP contribution in [0.15, 0.2) is 0 Å². The molecular weight excluding hydrogens is 112 g/mol. The van der Waals surface area contributed by atoms with Crippen LogP contribution in [-0.4, -0.2) is 10.5 Å². The maximum absolute atomic E-state index is 9.57. The summed E-state index contributed by atoms with van der Waals surface area (Å²) in [5.74, 6) is 0. The Kier molecular flexibility index (Phi) is 2.84. The van der Waals surface area contributed by atoms with Crippen LogP contribution in [0.1, 0.15) is 0 Å². The van der Waals surface area contributed by atoms with E-state index in [2.05, 4.69) is 15.6 Å². The molecule has 0 aliphatic rings. The predicted molar refractivity (Wildman–Crippen MR) is 21.0 cm³/mol. The Bertz CT molecular complexity index is 44.9. The number of rotatable bonds is 1. The highest BCUT2D eigenvalue weighted by Gasteiger charge is 1.76. The molecule has 0 N–H and O–H groups in total. The first-order valence-electron chi connectivity index (χ1n) is 0.896. The van der Waals surface area contributed by atoms with Crippen LogP contribution in [0.4, 0.5) is 0 Å². The van der Waals surface area contributed by atoms with E-state index in [1.807, 2.05) is 0 Å². The van der Waals surface area contributed by atoms with Crippen molar-refractivity contribution >= 4 is 22.9 Å². The Hall–Kier alpha value is 0.400. The molecule has 0 aliphatic carbocycles. The first-order chi connectivity index (χ1) is 2.27. The molecule has 2 nitrogen and oxygen atoms in total. The third kappa shape index (κ3) is 4.40. The highest BCUT2D eigenvalue weighted by atomic mass is 35.5. The van der Waals surface area contributed by atoms with Crippen LogP contribution in [0.25, 0.3) is 0 Å². The largest absolute Gasteiger partial charge is 0.229 e. The molecule has 1 unspecified atom stereocenters. The highest BCUT2D eigenvalue weighted by molar-refractivity contribution is 7.80. The Morgan fingerprint density at radius 3 is 2.20 bits per heavy atom. The first-order valence-corrected chi connectivity index (χ1v) is 2.69. The van der Waals surface area contributed by atoms with Gasteiger partial charge >= 0.3 is 0 Å². The molecule has 0 amide bonds. The van der Waals surface area contributed by atoms with Gasteiger partial charge in [-0.1, -0.05) is 0 Å². The lowest BCUT2D eigenvalue weighted by atomic mass is 12.0. The molecule has 0 saturated heterocycles. The van der Waals surface area contributed by atoms with Crippen molar-refractivity contribution in [2.75, 3.05) is 6.26 Å². The highest BCUT2D eigenvalue weighted by Crippen LogP contribution is 1.79. The van der Waals surface area contributed by atoms with Crippen molar-refractivity contribution in [1.29, 1.82) is 0 Å². The summed E-state index contributed by atoms with van der Waals surface area (Å²) in [6, 6.07) is 0. The second kappa shape index (κ2) is 2.63. The van der Waals surface area contributed by atoms with Gasteiger partial charge in [0, 0.05) is 6.26 Å². The Balaban J connectivity index is 2.85. The van der Waals surface area contributed by atoms with Crippen molar-refractivity contribution < 1.29 is 7.94 Å². The van der Waals surface area contributed by atoms with Crippen molar-refractivity contribution in [3.8, 4) is 0 Å². The Morgan fingerprint density at radius 2 is 2.20 bits per heavy atom. The molecule has 0 bridgehead atoms. The molecule has 0 aromatic rings. The minimum Gasteiger partial charge on any atom is -0.229 e. The minimum atomic E-state index is -1.31. The maximum Gasteiger partial charge on any atom is 0.169 e. The van der Waals surface area contributed by atoms with Gasteiger partial charge in [-0.3, -0.25) is 0 Å². The van der Waals surface area contributed by atoms with E-state index >= 15 is 0 Å². The fraction of sp³-hybridized carbons (Fsp3) is 1.00. The normalized spacial score (nSPS) is 14.8. The predicted octanol–water partition coefficient (Wildman–Crippen LogP) is 0.450. The van der Waals surface area contributed by atoms with Crippen molar-refractivity contribution in [2.24, 2.45) is 0 Å². The average molecular weight is 115 g/mol. The van der Waals surface area contributed by atoms with E-state index in [4.69, 9.17) is 0 Å². The molecule has 0 rings (SSSR count). The Morgan fingerprint density at radius 1 is 2.00 bits per heavy atom. The van der Waals surface area contributed by atoms with Gasteiger partial charge < -0.3 is 0 Å². The van der Waals surface area contributed by atoms with Gasteiger partial charge in [-0.05, 0) is 0 Å². The molecule has 0 aromatic carbocycles. The lowest BCUT2D eigenvalue weighted by Gasteiger charge is -1.73. The topological polar surface area (TPSA) is 26.3 Å². The standard InChI is InChI=1S/CH3ClO2S/c1-5(3)4-2/h1H3. The zero-order chi connectivity index (χ0) is 4.28. The zero-order valence-electron chi connectivity index (χ0n) is 2.60. The van der Waals surface area contributed by atoms with Crippen molar-refractivity contribution in [1.82, 2.24) is 0 Å². The van der Waals surface area contributed by atoms with Crippen LogP contribution in [0.2, 0.25) is 0 Å². The third-order valence-electron chi connectivity index (χ3n) is 0.0887. The quantitative estimate of drug-likeness (QED) is 0.495. The van der Waals surface area contributed by atoms with E-state index in [1.54, 1.807) is 0 Å². The summed E-state index contributed by atoms with van der Waals surface area (Å²) in [5.41, 5.74) is 0. The first kappa shape index (κ1) is 5.40. The molecule has 0 aliphatic heterocycles. The van der Waals surface area contributed by atoms with E-state index in [1.165, 1.54) is 6.26 Å². The van der Waals surface area contributed by atoms with Crippen LogP contribution in [0.3, 0.4) is 0 Å². The molecule has 1 atom stereocenters. The van der Waals surface area contributed by atoms with Crippen LogP contribution in [-0.2, 0) is 14.8 Å². The van der Waals surface area contributed by atoms with Crippen LogP contribution in [0.5, 0.6) is 0 Å². The summed E-state index contributed by atoms with van der Waals surface area (Å²) in [5, 5.41) is 0. The maximum atomic E-state index is 9.57. The van der Waals surface area contributed by atoms with Crippen LogP contribution < -0.4 is 0 Å². The van der Waals surface area contributed by atoms with E-state index < -0.39 is 11.1 Å². The summed E-state index contributed by atoms with van der Waals surface area (Å²) in [7, 11) is 0. The summed E-state index contributed by atoms with van der Waals surface area (Å²) in [4.78, 5) is 0. The van der Waals surface area contributed by atoms with Gasteiger partial charge in [0.2, 0.25) is 0 Å². The van der Waals surface area contributed by atoms with Crippen molar-refractivity contribution in [3.05, 3.63) is 0 Å². The van der Waals surface area contributed by atoms with E-state index in [9.17, 15) is 4.21 Å². The van der Waals surface area contributed by atoms with Gasteiger partial charge in [-0.2, -0.15) is 3.74 Å². The fourth-order valence-electron chi connectivity index (χ4n) is 0. The average Bonchev–Trinajstić information content (AvgIpc) is 1.38. The van der Waals surface area contributed by atoms with Crippen LogP contribution >= 0.6 is 11.9 Å². The molecule has 32 valence electrons. The number of hydrogen-bond acceptors (Lipinski definition) is 2. The zero-order valence-corrected chi connectivity index (χ0v) is 4.18. The van der Waals surface area contributed by atoms with Gasteiger partial charge in [-0.25, -0.2) is 4.21 Å². The fourth-order valence-corrected chi connectivity index (χ4v) is 0. The molecule has 0 saturated carbocycles. The van der Waals surface area contributed by atoms with Gasteiger partial charge in [-0.15, -0.1) is 0 Å². The lowest BCUT2D eigenvalue weighted by Crippen LogP contribution is -1.77. The smallest absolute Gasteiger partial charge is 0.169 e. The molecule has 0 fully saturated rings. The van der Waals surface area contributed by atoms with E-state index in [-0.39, 0.29) is 0 Å². The Labute approximate surface area is 37.9 Å². The van der Waals surface area contributed by atoms with Crippen molar-refractivity contribution in [3.63, 3.8) is 0 Å². The number of halogens is 1. The molecule has 5 heavy (non-hydrogen) atoms. The molecular formula is CH3ClO2S. The minimum absolute atomic E-state index is 1.31. The molecule has 0 radical (unpaired) electrons. The van der Waals surface area contributed by atoms with Gasteiger partial charge in [0.05, 0.1) is 11.9 Å². The molecule has 0 aromatic heterocycles. The molecule has 0 heterocycles. The molecule has 4 heteroatoms. The third-order valence-corrected chi connectivity index (χ3v) is 0.798. The van der Waals surface area contributed by atoms with Gasteiger partial charge in [0.1, 0.15) is 0 Å². The summed E-state index contributed by atoms with van der Waals surface area (Å²) in [6.45, 7) is 0. The molecule has 0 spiro atoms. The van der Waals surface area contributed by atoms with Gasteiger partial charge in [0.25, 0.3) is 0 Å². The lowest BCUT2D eigenvalue weighted by molar-refractivity contribution is 0.604.